The molecule has 1 unspecified atom stereocenters. The van der Waals surface area contributed by atoms with Gasteiger partial charge in [0.25, 0.3) is 0 Å². The smallest absolute Gasteiger partial charge is 0.196 e. The van der Waals surface area contributed by atoms with E-state index in [0.717, 1.165) is 30.4 Å². The third kappa shape index (κ3) is 3.90. The van der Waals surface area contributed by atoms with Crippen LogP contribution in [0.25, 0.3) is 0 Å². The molecule has 3 rings (SSSR count). The molecule has 0 amide bonds. The summed E-state index contributed by atoms with van der Waals surface area (Å²) in [6, 6.07) is 20.0. The van der Waals surface area contributed by atoms with Crippen molar-refractivity contribution in [3.63, 3.8) is 0 Å². The zero-order valence-corrected chi connectivity index (χ0v) is 16.4. The summed E-state index contributed by atoms with van der Waals surface area (Å²) in [5.41, 5.74) is 1.70. The molecule has 0 bridgehead atoms. The summed E-state index contributed by atoms with van der Waals surface area (Å²) in [4.78, 5) is 12.5. The molecule has 3 nitrogen and oxygen atoms in total. The first-order valence-corrected chi connectivity index (χ1v) is 9.71. The monoisotopic (exact) mass is 364 g/mol. The number of hydrogen-bond acceptors (Lipinski definition) is 3. The van der Waals surface area contributed by atoms with Crippen LogP contribution in [0.4, 0.5) is 0 Å². The minimum Gasteiger partial charge on any atom is -0.346 e. The summed E-state index contributed by atoms with van der Waals surface area (Å²) >= 11 is 0. The van der Waals surface area contributed by atoms with Crippen LogP contribution < -0.4 is 0 Å². The maximum atomic E-state index is 12.5. The van der Waals surface area contributed by atoms with Crippen molar-refractivity contribution in [3.8, 4) is 0 Å². The molecule has 0 aliphatic carbocycles. The number of ketones is 1. The van der Waals surface area contributed by atoms with Gasteiger partial charge in [0.05, 0.1) is 12.2 Å². The van der Waals surface area contributed by atoms with Gasteiger partial charge in [-0.2, -0.15) is 0 Å². The molecule has 0 spiro atoms. The lowest BCUT2D eigenvalue weighted by atomic mass is 9.85. The van der Waals surface area contributed by atoms with E-state index in [1.807, 2.05) is 73.7 Å². The molecule has 0 saturated heterocycles. The number of ether oxygens (including phenoxy) is 2. The van der Waals surface area contributed by atoms with Gasteiger partial charge < -0.3 is 9.47 Å². The second-order valence-corrected chi connectivity index (χ2v) is 7.19. The molecule has 3 heteroatoms. The van der Waals surface area contributed by atoms with Crippen LogP contribution in [0.15, 0.2) is 72.3 Å². The van der Waals surface area contributed by atoms with Crippen LogP contribution in [0, 0.1) is 0 Å². The van der Waals surface area contributed by atoms with Crippen LogP contribution in [-0.2, 0) is 19.9 Å². The summed E-state index contributed by atoms with van der Waals surface area (Å²) in [6.07, 6.45) is 5.11. The molecule has 1 aliphatic heterocycles. The average Bonchev–Trinajstić information content (AvgIpc) is 3.02. The van der Waals surface area contributed by atoms with Crippen molar-refractivity contribution in [2.24, 2.45) is 0 Å². The Morgan fingerprint density at radius 2 is 1.52 bits per heavy atom. The van der Waals surface area contributed by atoms with E-state index in [0.29, 0.717) is 12.2 Å². The quantitative estimate of drug-likeness (QED) is 0.588. The fourth-order valence-electron chi connectivity index (χ4n) is 3.70. The zero-order chi connectivity index (χ0) is 19.3. The Balaban J connectivity index is 2.06. The molecule has 2 aromatic rings. The van der Waals surface area contributed by atoms with Crippen molar-refractivity contribution in [2.45, 2.75) is 51.4 Å². The first-order valence-electron chi connectivity index (χ1n) is 9.71. The highest BCUT2D eigenvalue weighted by Crippen LogP contribution is 2.48. The van der Waals surface area contributed by atoms with E-state index in [-0.39, 0.29) is 5.78 Å². The summed E-state index contributed by atoms with van der Waals surface area (Å²) in [7, 11) is 0. The number of carbonyl (C=O) groups excluding carboxylic acids is 1. The van der Waals surface area contributed by atoms with Crippen LogP contribution in [0.3, 0.4) is 0 Å². The maximum absolute atomic E-state index is 12.5. The van der Waals surface area contributed by atoms with Crippen molar-refractivity contribution in [1.82, 2.24) is 0 Å². The Morgan fingerprint density at radius 3 is 2.00 bits per heavy atom. The van der Waals surface area contributed by atoms with E-state index in [4.69, 9.17) is 9.47 Å². The number of carbonyl (C=O) groups is 1. The maximum Gasteiger partial charge on any atom is 0.196 e. The molecule has 142 valence electrons. The van der Waals surface area contributed by atoms with Gasteiger partial charge in [0, 0.05) is 0 Å². The van der Waals surface area contributed by atoms with Crippen LogP contribution >= 0.6 is 0 Å². The molecule has 0 saturated carbocycles. The lowest BCUT2D eigenvalue weighted by molar-refractivity contribution is -0.224. The van der Waals surface area contributed by atoms with Gasteiger partial charge in [-0.15, -0.1) is 0 Å². The lowest BCUT2D eigenvalue weighted by Gasteiger charge is -2.35. The molecular weight excluding hydrogens is 336 g/mol. The van der Waals surface area contributed by atoms with Gasteiger partial charge in [-0.05, 0) is 37.5 Å². The summed E-state index contributed by atoms with van der Waals surface area (Å²) in [5.74, 6) is -1.09. The molecule has 1 aliphatic rings. The molecule has 1 heterocycles. The number of unbranched alkanes of at least 4 members (excludes halogenated alkanes) is 2. The topological polar surface area (TPSA) is 35.5 Å². The lowest BCUT2D eigenvalue weighted by Crippen LogP contribution is -2.39. The normalized spacial score (nSPS) is 21.1. The zero-order valence-electron chi connectivity index (χ0n) is 16.4. The molecular formula is C24H28O3. The minimum atomic E-state index is -1.06. The highest BCUT2D eigenvalue weighted by Gasteiger charge is 2.51. The van der Waals surface area contributed by atoms with E-state index in [2.05, 4.69) is 6.92 Å². The summed E-state index contributed by atoms with van der Waals surface area (Å²) < 4.78 is 12.8. The molecule has 0 radical (unpaired) electrons. The standard InChI is InChI=1S/C24H28O3/c1-4-5-12-17-26-23(3)22(19(2)25)18-24(27-23,20-13-8-6-9-14-20)21-15-10-7-11-16-21/h6-11,13-16,18H,4-5,12,17H2,1-3H3. The third-order valence-electron chi connectivity index (χ3n) is 5.10. The van der Waals surface area contributed by atoms with E-state index in [1.54, 1.807) is 6.92 Å². The Hall–Kier alpha value is -2.23. The second kappa shape index (κ2) is 8.20. The first-order chi connectivity index (χ1) is 13.0. The Morgan fingerprint density at radius 1 is 0.963 bits per heavy atom. The number of rotatable bonds is 8. The average molecular weight is 364 g/mol. The van der Waals surface area contributed by atoms with Gasteiger partial charge in [-0.25, -0.2) is 0 Å². The van der Waals surface area contributed by atoms with E-state index < -0.39 is 11.4 Å². The van der Waals surface area contributed by atoms with Crippen molar-refractivity contribution in [3.05, 3.63) is 83.4 Å². The predicted octanol–water partition coefficient (Wildman–Crippen LogP) is 5.40. The van der Waals surface area contributed by atoms with Crippen molar-refractivity contribution in [1.29, 1.82) is 0 Å². The van der Waals surface area contributed by atoms with Gasteiger partial charge in [-0.1, -0.05) is 80.4 Å². The number of Topliss-reactive ketones (excluding diaryl/α,β-unsaturated/α-hetero) is 1. The first kappa shape index (κ1) is 19.5. The molecule has 0 aromatic heterocycles. The largest absolute Gasteiger partial charge is 0.346 e. The van der Waals surface area contributed by atoms with Crippen LogP contribution in [0.1, 0.15) is 51.2 Å². The Kier molecular flexibility index (Phi) is 5.93. The summed E-state index contributed by atoms with van der Waals surface area (Å²) in [5, 5.41) is 0. The van der Waals surface area contributed by atoms with Crippen LogP contribution in [-0.4, -0.2) is 18.2 Å². The van der Waals surface area contributed by atoms with Gasteiger partial charge in [0.15, 0.2) is 11.6 Å². The molecule has 1 atom stereocenters. The van der Waals surface area contributed by atoms with Gasteiger partial charge in [-0.3, -0.25) is 4.79 Å². The third-order valence-corrected chi connectivity index (χ3v) is 5.10. The predicted molar refractivity (Wildman–Crippen MR) is 107 cm³/mol. The fraction of sp³-hybridized carbons (Fsp3) is 0.375. The van der Waals surface area contributed by atoms with Gasteiger partial charge in [0.1, 0.15) is 5.60 Å². The van der Waals surface area contributed by atoms with E-state index in [1.165, 1.54) is 0 Å². The molecule has 2 aromatic carbocycles. The molecule has 27 heavy (non-hydrogen) atoms. The second-order valence-electron chi connectivity index (χ2n) is 7.19. The van der Waals surface area contributed by atoms with Crippen molar-refractivity contribution in [2.75, 3.05) is 6.61 Å². The van der Waals surface area contributed by atoms with Crippen molar-refractivity contribution < 1.29 is 14.3 Å². The number of hydrogen-bond donors (Lipinski definition) is 0. The number of benzene rings is 2. The Labute approximate surface area is 162 Å². The minimum absolute atomic E-state index is 0.0262. The fourth-order valence-corrected chi connectivity index (χ4v) is 3.70. The van der Waals surface area contributed by atoms with Crippen LogP contribution in [0.2, 0.25) is 0 Å². The Bertz CT molecular complexity index is 755. The van der Waals surface area contributed by atoms with Gasteiger partial charge in [0.2, 0.25) is 0 Å². The summed E-state index contributed by atoms with van der Waals surface area (Å²) in [6.45, 7) is 6.16. The van der Waals surface area contributed by atoms with E-state index in [9.17, 15) is 4.79 Å². The van der Waals surface area contributed by atoms with E-state index >= 15 is 0 Å². The van der Waals surface area contributed by atoms with Gasteiger partial charge >= 0.3 is 0 Å². The SMILES string of the molecule is CCCCCOC1(C)OC(c2ccccc2)(c2ccccc2)C=C1C(C)=O. The van der Waals surface area contributed by atoms with Crippen molar-refractivity contribution >= 4 is 5.78 Å². The highest BCUT2D eigenvalue weighted by molar-refractivity contribution is 5.96. The van der Waals surface area contributed by atoms with Crippen LogP contribution in [0.5, 0.6) is 0 Å². The molecule has 0 N–H and O–H groups in total. The highest BCUT2D eigenvalue weighted by atomic mass is 16.7. The molecule has 0 fully saturated rings.